The molecule has 5 heteroatoms. The van der Waals surface area contributed by atoms with Crippen molar-refractivity contribution in [2.75, 3.05) is 42.9 Å². The van der Waals surface area contributed by atoms with Crippen molar-refractivity contribution >= 4 is 23.1 Å². The van der Waals surface area contributed by atoms with E-state index in [2.05, 4.69) is 42.3 Å². The van der Waals surface area contributed by atoms with Crippen molar-refractivity contribution in [1.82, 2.24) is 0 Å². The third kappa shape index (κ3) is 4.95. The van der Waals surface area contributed by atoms with Crippen molar-refractivity contribution in [2.45, 2.75) is 20.8 Å². The minimum absolute atomic E-state index is 0.0146. The van der Waals surface area contributed by atoms with Gasteiger partial charge in [0.1, 0.15) is 0 Å². The van der Waals surface area contributed by atoms with Crippen LogP contribution >= 0.6 is 0 Å². The van der Waals surface area contributed by atoms with E-state index >= 15 is 0 Å². The second-order valence-electron chi connectivity index (χ2n) is 7.39. The summed E-state index contributed by atoms with van der Waals surface area (Å²) in [6.45, 7) is 10.1. The number of carbonyl (C=O) groups is 2. The zero-order chi connectivity index (χ0) is 19.4. The van der Waals surface area contributed by atoms with Gasteiger partial charge in [-0.3, -0.25) is 9.59 Å². The van der Waals surface area contributed by atoms with Gasteiger partial charge in [0, 0.05) is 16.9 Å². The van der Waals surface area contributed by atoms with Crippen LogP contribution in [0, 0.1) is 13.8 Å². The lowest BCUT2D eigenvalue weighted by Gasteiger charge is -2.34. The summed E-state index contributed by atoms with van der Waals surface area (Å²) >= 11 is 0. The number of aryl methyl sites for hydroxylation is 2. The molecule has 0 radical (unpaired) electrons. The van der Waals surface area contributed by atoms with Gasteiger partial charge in [0.2, 0.25) is 0 Å². The summed E-state index contributed by atoms with van der Waals surface area (Å²) in [4.78, 5) is 27.4. The van der Waals surface area contributed by atoms with E-state index in [9.17, 15) is 9.59 Å². The lowest BCUT2D eigenvalue weighted by Crippen LogP contribution is -3.15. The minimum atomic E-state index is 0.0146. The highest BCUT2D eigenvalue weighted by Crippen LogP contribution is 2.21. The number of nitrogens with zero attached hydrogens (tertiary/aromatic N) is 1. The summed E-state index contributed by atoms with van der Waals surface area (Å²) in [5, 5.41) is 2.93. The van der Waals surface area contributed by atoms with Crippen molar-refractivity contribution in [3.05, 3.63) is 59.2 Å². The zero-order valence-corrected chi connectivity index (χ0v) is 16.3. The molecule has 1 fully saturated rings. The fourth-order valence-electron chi connectivity index (χ4n) is 3.52. The Kier molecular flexibility index (Phi) is 5.91. The highest BCUT2D eigenvalue weighted by Gasteiger charge is 2.23. The fourth-order valence-corrected chi connectivity index (χ4v) is 3.52. The van der Waals surface area contributed by atoms with Crippen molar-refractivity contribution < 1.29 is 14.5 Å². The molecule has 5 nitrogen and oxygen atoms in total. The van der Waals surface area contributed by atoms with E-state index in [1.54, 1.807) is 24.3 Å². The third-order valence-corrected chi connectivity index (χ3v) is 5.16. The molecule has 0 saturated carbocycles. The average molecular weight is 366 g/mol. The number of piperazine rings is 1. The first-order valence-corrected chi connectivity index (χ1v) is 9.49. The second kappa shape index (κ2) is 8.35. The molecule has 3 rings (SSSR count). The zero-order valence-electron chi connectivity index (χ0n) is 16.3. The van der Waals surface area contributed by atoms with E-state index in [1.165, 1.54) is 28.6 Å². The molecule has 1 heterocycles. The molecule has 0 bridgehead atoms. The predicted molar refractivity (Wildman–Crippen MR) is 109 cm³/mol. The highest BCUT2D eigenvalue weighted by molar-refractivity contribution is 5.95. The van der Waals surface area contributed by atoms with Crippen molar-refractivity contribution in [2.24, 2.45) is 0 Å². The molecule has 1 aliphatic rings. The maximum absolute atomic E-state index is 12.3. The number of amides is 1. The smallest absolute Gasteiger partial charge is 0.279 e. The van der Waals surface area contributed by atoms with Gasteiger partial charge in [0.05, 0.1) is 26.2 Å². The number of Topliss-reactive ketones (excluding diaryl/α,β-unsaturated/α-hetero) is 1. The van der Waals surface area contributed by atoms with Crippen LogP contribution in [0.4, 0.5) is 11.4 Å². The number of carbonyl (C=O) groups excluding carboxylic acids is 2. The molecular formula is C22H28N3O2+. The Morgan fingerprint density at radius 2 is 1.70 bits per heavy atom. The van der Waals surface area contributed by atoms with Crippen LogP contribution in [0.3, 0.4) is 0 Å². The predicted octanol–water partition coefficient (Wildman–Crippen LogP) is 1.85. The van der Waals surface area contributed by atoms with Gasteiger partial charge in [-0.15, -0.1) is 0 Å². The van der Waals surface area contributed by atoms with Gasteiger partial charge in [-0.1, -0.05) is 12.1 Å². The van der Waals surface area contributed by atoms with Gasteiger partial charge >= 0.3 is 0 Å². The van der Waals surface area contributed by atoms with Gasteiger partial charge in [-0.05, 0) is 62.2 Å². The number of rotatable bonds is 5. The molecule has 1 aliphatic heterocycles. The highest BCUT2D eigenvalue weighted by atomic mass is 16.2. The quantitative estimate of drug-likeness (QED) is 0.794. The van der Waals surface area contributed by atoms with Crippen molar-refractivity contribution in [3.8, 4) is 0 Å². The molecule has 2 N–H and O–H groups in total. The van der Waals surface area contributed by atoms with E-state index in [0.717, 1.165) is 31.9 Å². The average Bonchev–Trinajstić information content (AvgIpc) is 2.65. The van der Waals surface area contributed by atoms with Crippen LogP contribution in [0.15, 0.2) is 42.5 Å². The van der Waals surface area contributed by atoms with Crippen LogP contribution in [0.2, 0.25) is 0 Å². The van der Waals surface area contributed by atoms with Gasteiger partial charge in [0.15, 0.2) is 12.3 Å². The molecule has 142 valence electrons. The standard InChI is InChI=1S/C22H27N3O2/c1-16-4-5-17(2)21(14-16)25-12-10-24(11-13-25)15-22(27)23-20-8-6-19(7-9-20)18(3)26/h4-9,14H,10-13,15H2,1-3H3,(H,23,27)/p+1. The number of nitrogens with one attached hydrogen (secondary N) is 2. The van der Waals surface area contributed by atoms with Crippen LogP contribution < -0.4 is 15.1 Å². The van der Waals surface area contributed by atoms with E-state index in [4.69, 9.17) is 0 Å². The van der Waals surface area contributed by atoms with E-state index in [0.29, 0.717) is 12.1 Å². The van der Waals surface area contributed by atoms with E-state index < -0.39 is 0 Å². The van der Waals surface area contributed by atoms with Crippen molar-refractivity contribution in [1.29, 1.82) is 0 Å². The van der Waals surface area contributed by atoms with Crippen LogP contribution in [-0.2, 0) is 4.79 Å². The first-order chi connectivity index (χ1) is 12.9. The third-order valence-electron chi connectivity index (χ3n) is 5.16. The SMILES string of the molecule is CC(=O)c1ccc(NC(=O)C[NH+]2CCN(c3cc(C)ccc3C)CC2)cc1. The lowest BCUT2D eigenvalue weighted by atomic mass is 10.1. The van der Waals surface area contributed by atoms with Gasteiger partial charge in [-0.2, -0.15) is 0 Å². The first-order valence-electron chi connectivity index (χ1n) is 9.49. The summed E-state index contributed by atoms with van der Waals surface area (Å²) in [6, 6.07) is 13.6. The minimum Gasteiger partial charge on any atom is -0.360 e. The first kappa shape index (κ1) is 19.1. The molecule has 0 spiro atoms. The summed E-state index contributed by atoms with van der Waals surface area (Å²) in [5.74, 6) is 0.0415. The number of benzene rings is 2. The topological polar surface area (TPSA) is 53.9 Å². The summed E-state index contributed by atoms with van der Waals surface area (Å²) in [6.07, 6.45) is 0. The number of ketones is 1. The van der Waals surface area contributed by atoms with Crippen LogP contribution in [0.5, 0.6) is 0 Å². The molecule has 2 aromatic rings. The molecule has 0 unspecified atom stereocenters. The summed E-state index contributed by atoms with van der Waals surface area (Å²) in [7, 11) is 0. The number of quaternary nitrogens is 1. The summed E-state index contributed by atoms with van der Waals surface area (Å²) in [5.41, 5.74) is 5.28. The molecule has 0 atom stereocenters. The fraction of sp³-hybridized carbons (Fsp3) is 0.364. The van der Waals surface area contributed by atoms with Gasteiger partial charge in [-0.25, -0.2) is 0 Å². The second-order valence-corrected chi connectivity index (χ2v) is 7.39. The van der Waals surface area contributed by atoms with Crippen LogP contribution in [0.1, 0.15) is 28.4 Å². The largest absolute Gasteiger partial charge is 0.360 e. The molecule has 0 aromatic heterocycles. The molecule has 2 aromatic carbocycles. The number of hydrogen-bond acceptors (Lipinski definition) is 3. The maximum atomic E-state index is 12.3. The normalized spacial score (nSPS) is 14.9. The number of hydrogen-bond donors (Lipinski definition) is 2. The molecule has 1 saturated heterocycles. The molecular weight excluding hydrogens is 338 g/mol. The van der Waals surface area contributed by atoms with Crippen molar-refractivity contribution in [3.63, 3.8) is 0 Å². The summed E-state index contributed by atoms with van der Waals surface area (Å²) < 4.78 is 0. The maximum Gasteiger partial charge on any atom is 0.279 e. The molecule has 27 heavy (non-hydrogen) atoms. The lowest BCUT2D eigenvalue weighted by molar-refractivity contribution is -0.892. The molecule has 0 aliphatic carbocycles. The Labute approximate surface area is 161 Å². The van der Waals surface area contributed by atoms with E-state index in [1.807, 2.05) is 0 Å². The Morgan fingerprint density at radius 1 is 1.04 bits per heavy atom. The Hall–Kier alpha value is -2.66. The monoisotopic (exact) mass is 366 g/mol. The van der Waals surface area contributed by atoms with Gasteiger partial charge < -0.3 is 15.1 Å². The Balaban J connectivity index is 1.50. The van der Waals surface area contributed by atoms with Gasteiger partial charge in [0.25, 0.3) is 5.91 Å². The van der Waals surface area contributed by atoms with Crippen LogP contribution in [0.25, 0.3) is 0 Å². The Morgan fingerprint density at radius 3 is 2.33 bits per heavy atom. The Bertz CT molecular complexity index is 822. The van der Waals surface area contributed by atoms with E-state index in [-0.39, 0.29) is 11.7 Å². The van der Waals surface area contributed by atoms with Crippen LogP contribution in [-0.4, -0.2) is 44.4 Å². The number of anilines is 2. The molecule has 1 amide bonds.